The highest BCUT2D eigenvalue weighted by Crippen LogP contribution is 2.28. The number of hydrogen-bond acceptors (Lipinski definition) is 3. The first kappa shape index (κ1) is 18.6. The van der Waals surface area contributed by atoms with E-state index < -0.39 is 0 Å². The van der Waals surface area contributed by atoms with Crippen molar-refractivity contribution in [3.63, 3.8) is 0 Å². The number of hydrogen-bond donors (Lipinski definition) is 1. The number of fused-ring (bicyclic) bond motifs is 4. The molecule has 5 rings (SSSR count). The predicted molar refractivity (Wildman–Crippen MR) is 122 cm³/mol. The number of anilines is 1. The van der Waals surface area contributed by atoms with Gasteiger partial charge in [-0.15, -0.1) is 0 Å². The van der Waals surface area contributed by atoms with Gasteiger partial charge in [-0.05, 0) is 42.8 Å². The van der Waals surface area contributed by atoms with E-state index in [1.54, 1.807) is 0 Å². The molecular weight excluding hydrogens is 396 g/mol. The lowest BCUT2D eigenvalue weighted by Gasteiger charge is -2.11. The maximum atomic E-state index is 12.7. The number of benzene rings is 3. The molecule has 3 aromatic carbocycles. The SMILES string of the molecule is Cc1c(Cl)cccc1NC(=O)CCn1c2ccccc2c2nc3ccccc3nc21. The van der Waals surface area contributed by atoms with Crippen LogP contribution in [0.2, 0.25) is 5.02 Å². The summed E-state index contributed by atoms with van der Waals surface area (Å²) >= 11 is 6.16. The summed E-state index contributed by atoms with van der Waals surface area (Å²) in [5, 5.41) is 4.64. The summed E-state index contributed by atoms with van der Waals surface area (Å²) in [6, 6.07) is 21.4. The van der Waals surface area contributed by atoms with E-state index in [0.717, 1.165) is 44.4 Å². The number of para-hydroxylation sites is 3. The number of carbonyl (C=O) groups excluding carboxylic acids is 1. The summed E-state index contributed by atoms with van der Waals surface area (Å²) < 4.78 is 2.08. The minimum absolute atomic E-state index is 0.0694. The lowest BCUT2D eigenvalue weighted by atomic mass is 10.2. The van der Waals surface area contributed by atoms with Crippen LogP contribution in [-0.4, -0.2) is 20.4 Å². The van der Waals surface area contributed by atoms with E-state index >= 15 is 0 Å². The molecule has 1 amide bonds. The number of amides is 1. The van der Waals surface area contributed by atoms with E-state index in [1.165, 1.54) is 0 Å². The molecule has 0 saturated carbocycles. The lowest BCUT2D eigenvalue weighted by molar-refractivity contribution is -0.116. The van der Waals surface area contributed by atoms with Gasteiger partial charge in [-0.25, -0.2) is 9.97 Å². The van der Waals surface area contributed by atoms with Crippen molar-refractivity contribution < 1.29 is 4.79 Å². The van der Waals surface area contributed by atoms with E-state index in [2.05, 4.69) is 9.88 Å². The van der Waals surface area contributed by atoms with Gasteiger partial charge in [-0.3, -0.25) is 4.79 Å². The van der Waals surface area contributed by atoms with Crippen molar-refractivity contribution >= 4 is 56.3 Å². The van der Waals surface area contributed by atoms with Crippen LogP contribution < -0.4 is 5.32 Å². The van der Waals surface area contributed by atoms with Crippen LogP contribution in [0.25, 0.3) is 33.1 Å². The Morgan fingerprint density at radius 3 is 2.53 bits per heavy atom. The quantitative estimate of drug-likeness (QED) is 0.408. The monoisotopic (exact) mass is 414 g/mol. The molecule has 0 aliphatic carbocycles. The molecule has 5 aromatic rings. The zero-order chi connectivity index (χ0) is 20.7. The first-order chi connectivity index (χ1) is 14.6. The van der Waals surface area contributed by atoms with Gasteiger partial charge in [0.25, 0.3) is 0 Å². The minimum Gasteiger partial charge on any atom is -0.326 e. The summed E-state index contributed by atoms with van der Waals surface area (Å²) in [5.41, 5.74) is 5.98. The Morgan fingerprint density at radius 2 is 1.70 bits per heavy atom. The average molecular weight is 415 g/mol. The fraction of sp³-hybridized carbons (Fsp3) is 0.125. The van der Waals surface area contributed by atoms with Gasteiger partial charge in [-0.1, -0.05) is 48.0 Å². The second-order valence-electron chi connectivity index (χ2n) is 7.26. The van der Waals surface area contributed by atoms with Crippen molar-refractivity contribution in [2.24, 2.45) is 0 Å². The molecular formula is C24H19ClN4O. The Kier molecular flexibility index (Phi) is 4.60. The highest BCUT2D eigenvalue weighted by molar-refractivity contribution is 6.31. The number of halogens is 1. The third-order valence-electron chi connectivity index (χ3n) is 5.36. The Balaban J connectivity index is 1.51. The molecule has 0 unspecified atom stereocenters. The van der Waals surface area contributed by atoms with Crippen LogP contribution in [0, 0.1) is 6.92 Å². The van der Waals surface area contributed by atoms with Crippen LogP contribution in [0.3, 0.4) is 0 Å². The number of nitrogens with zero attached hydrogens (tertiary/aromatic N) is 3. The van der Waals surface area contributed by atoms with Crippen LogP contribution in [0.4, 0.5) is 5.69 Å². The van der Waals surface area contributed by atoms with Crippen molar-refractivity contribution in [1.82, 2.24) is 14.5 Å². The standard InChI is InChI=1S/C24H19ClN4O/c1-15-17(25)8-6-11-18(15)26-22(30)13-14-29-21-12-5-2-7-16(21)23-24(29)28-20-10-4-3-9-19(20)27-23/h2-12H,13-14H2,1H3,(H,26,30). The molecule has 0 fully saturated rings. The molecule has 0 atom stereocenters. The smallest absolute Gasteiger partial charge is 0.226 e. The van der Waals surface area contributed by atoms with Crippen LogP contribution in [0.1, 0.15) is 12.0 Å². The van der Waals surface area contributed by atoms with Crippen molar-refractivity contribution in [2.75, 3.05) is 5.32 Å². The highest BCUT2D eigenvalue weighted by Gasteiger charge is 2.15. The van der Waals surface area contributed by atoms with Crippen molar-refractivity contribution in [1.29, 1.82) is 0 Å². The molecule has 2 heterocycles. The third kappa shape index (κ3) is 3.17. The normalized spacial score (nSPS) is 11.4. The highest BCUT2D eigenvalue weighted by atomic mass is 35.5. The van der Waals surface area contributed by atoms with Crippen molar-refractivity contribution in [3.8, 4) is 0 Å². The fourth-order valence-electron chi connectivity index (χ4n) is 3.78. The van der Waals surface area contributed by atoms with Gasteiger partial charge in [0.15, 0.2) is 5.65 Å². The van der Waals surface area contributed by atoms with Crippen molar-refractivity contribution in [3.05, 3.63) is 77.3 Å². The molecule has 6 heteroatoms. The first-order valence-electron chi connectivity index (χ1n) is 9.80. The number of nitrogens with one attached hydrogen (secondary N) is 1. The Hall–Kier alpha value is -3.44. The molecule has 0 radical (unpaired) electrons. The molecule has 0 aliphatic heterocycles. The fourth-order valence-corrected chi connectivity index (χ4v) is 3.95. The summed E-state index contributed by atoms with van der Waals surface area (Å²) in [6.07, 6.45) is 0.314. The van der Waals surface area contributed by atoms with E-state index in [1.807, 2.05) is 73.7 Å². The lowest BCUT2D eigenvalue weighted by Crippen LogP contribution is -2.15. The minimum atomic E-state index is -0.0694. The largest absolute Gasteiger partial charge is 0.326 e. The topological polar surface area (TPSA) is 59.8 Å². The summed E-state index contributed by atoms with van der Waals surface area (Å²) in [7, 11) is 0. The maximum Gasteiger partial charge on any atom is 0.226 e. The summed E-state index contributed by atoms with van der Waals surface area (Å²) in [6.45, 7) is 2.40. The summed E-state index contributed by atoms with van der Waals surface area (Å²) in [4.78, 5) is 22.4. The van der Waals surface area contributed by atoms with Crippen molar-refractivity contribution in [2.45, 2.75) is 19.9 Å². The number of rotatable bonds is 4. The third-order valence-corrected chi connectivity index (χ3v) is 5.77. The maximum absolute atomic E-state index is 12.7. The van der Waals surface area contributed by atoms with E-state index in [9.17, 15) is 4.79 Å². The molecule has 0 saturated heterocycles. The van der Waals surface area contributed by atoms with Crippen LogP contribution in [-0.2, 0) is 11.3 Å². The van der Waals surface area contributed by atoms with Gasteiger partial charge in [0.1, 0.15) is 5.52 Å². The van der Waals surface area contributed by atoms with Gasteiger partial charge in [0.2, 0.25) is 5.91 Å². The molecule has 2 aromatic heterocycles. The Morgan fingerprint density at radius 1 is 0.967 bits per heavy atom. The van der Waals surface area contributed by atoms with Crippen LogP contribution in [0.5, 0.6) is 0 Å². The van der Waals surface area contributed by atoms with E-state index in [-0.39, 0.29) is 5.91 Å². The van der Waals surface area contributed by atoms with Crippen LogP contribution >= 0.6 is 11.6 Å². The zero-order valence-corrected chi connectivity index (χ0v) is 17.1. The second-order valence-corrected chi connectivity index (χ2v) is 7.67. The molecule has 0 aliphatic rings. The van der Waals surface area contributed by atoms with Gasteiger partial charge >= 0.3 is 0 Å². The Labute approximate surface area is 178 Å². The number of aromatic nitrogens is 3. The predicted octanol–water partition coefficient (Wildman–Crippen LogP) is 5.73. The molecule has 0 bridgehead atoms. The molecule has 5 nitrogen and oxygen atoms in total. The molecule has 30 heavy (non-hydrogen) atoms. The van der Waals surface area contributed by atoms with Gasteiger partial charge in [-0.2, -0.15) is 0 Å². The van der Waals surface area contributed by atoms with Gasteiger partial charge in [0.05, 0.1) is 16.6 Å². The first-order valence-corrected chi connectivity index (χ1v) is 10.2. The number of carbonyl (C=O) groups is 1. The van der Waals surface area contributed by atoms with Gasteiger partial charge in [0, 0.05) is 29.1 Å². The van der Waals surface area contributed by atoms with Gasteiger partial charge < -0.3 is 9.88 Å². The van der Waals surface area contributed by atoms with Crippen LogP contribution in [0.15, 0.2) is 66.7 Å². The number of aryl methyl sites for hydroxylation is 1. The van der Waals surface area contributed by atoms with E-state index in [0.29, 0.717) is 18.0 Å². The molecule has 1 N–H and O–H groups in total. The molecule has 0 spiro atoms. The Bertz CT molecular complexity index is 1420. The van der Waals surface area contributed by atoms with E-state index in [4.69, 9.17) is 21.6 Å². The average Bonchev–Trinajstić information content (AvgIpc) is 3.06. The molecule has 148 valence electrons. The second kappa shape index (κ2) is 7.43. The summed E-state index contributed by atoms with van der Waals surface area (Å²) in [5.74, 6) is -0.0694. The zero-order valence-electron chi connectivity index (χ0n) is 16.4.